The van der Waals surface area contributed by atoms with Gasteiger partial charge in [-0.05, 0) is 43.5 Å². The minimum absolute atomic E-state index is 0.0722. The van der Waals surface area contributed by atoms with E-state index < -0.39 is 11.9 Å². The Bertz CT molecular complexity index is 710. The molecule has 0 saturated carbocycles. The molecule has 1 aromatic carbocycles. The van der Waals surface area contributed by atoms with Crippen LogP contribution in [0.5, 0.6) is 0 Å². The third-order valence-electron chi connectivity index (χ3n) is 5.23. The Morgan fingerprint density at radius 2 is 1.77 bits per heavy atom. The van der Waals surface area contributed by atoms with Crippen LogP contribution < -0.4 is 5.32 Å². The summed E-state index contributed by atoms with van der Waals surface area (Å²) in [6.07, 6.45) is 1.13. The van der Waals surface area contributed by atoms with Gasteiger partial charge in [0, 0.05) is 12.2 Å². The molecule has 1 aromatic rings. The van der Waals surface area contributed by atoms with Gasteiger partial charge in [0.05, 0.1) is 30.7 Å². The molecule has 26 heavy (non-hydrogen) atoms. The maximum Gasteiger partial charge on any atom is 0.411 e. The zero-order valence-electron chi connectivity index (χ0n) is 14.0. The van der Waals surface area contributed by atoms with Crippen LogP contribution in [-0.4, -0.2) is 48.2 Å². The monoisotopic (exact) mass is 362 g/mol. The van der Waals surface area contributed by atoms with Gasteiger partial charge in [-0.2, -0.15) is 0 Å². The van der Waals surface area contributed by atoms with E-state index in [4.69, 9.17) is 9.47 Å². The molecule has 0 radical (unpaired) electrons. The predicted molar refractivity (Wildman–Crippen MR) is 87.6 cm³/mol. The highest BCUT2D eigenvalue weighted by Crippen LogP contribution is 2.48. The molecule has 3 aliphatic rings. The van der Waals surface area contributed by atoms with Crippen LogP contribution in [0.2, 0.25) is 0 Å². The Hall–Kier alpha value is -2.48. The van der Waals surface area contributed by atoms with Crippen LogP contribution in [0.25, 0.3) is 0 Å². The predicted octanol–water partition coefficient (Wildman–Crippen LogP) is 1.93. The molecule has 3 aliphatic heterocycles. The summed E-state index contributed by atoms with van der Waals surface area (Å²) in [5.41, 5.74) is 0.421. The number of halogens is 1. The van der Waals surface area contributed by atoms with E-state index in [-0.39, 0.29) is 49.0 Å². The lowest BCUT2D eigenvalue weighted by molar-refractivity contribution is -0.142. The minimum atomic E-state index is -0.668. The van der Waals surface area contributed by atoms with E-state index >= 15 is 0 Å². The first-order valence-electron chi connectivity index (χ1n) is 8.74. The average Bonchev–Trinajstić information content (AvgIpc) is 3.29. The third-order valence-corrected chi connectivity index (χ3v) is 5.23. The molecular weight excluding hydrogens is 343 g/mol. The number of hydrogen-bond donors (Lipinski definition) is 1. The van der Waals surface area contributed by atoms with Crippen LogP contribution >= 0.6 is 0 Å². The van der Waals surface area contributed by atoms with Crippen molar-refractivity contribution in [2.24, 2.45) is 11.8 Å². The van der Waals surface area contributed by atoms with E-state index in [0.29, 0.717) is 12.1 Å². The number of likely N-dealkylation sites (tertiary alicyclic amines) is 1. The maximum atomic E-state index is 12.8. The lowest BCUT2D eigenvalue weighted by Gasteiger charge is -2.17. The summed E-state index contributed by atoms with van der Waals surface area (Å²) in [5, 5.41) is 2.48. The second-order valence-electron chi connectivity index (χ2n) is 6.79. The highest BCUT2D eigenvalue weighted by atomic mass is 19.1. The summed E-state index contributed by atoms with van der Waals surface area (Å²) in [6, 6.07) is 5.31. The molecule has 0 aromatic heterocycles. The molecular formula is C18H19FN2O5. The average molecular weight is 362 g/mol. The first-order valence-corrected chi connectivity index (χ1v) is 8.74. The molecule has 4 atom stereocenters. The Kier molecular flexibility index (Phi) is 4.36. The lowest BCUT2D eigenvalue weighted by Crippen LogP contribution is -2.35. The van der Waals surface area contributed by atoms with Crippen molar-refractivity contribution in [3.8, 4) is 0 Å². The summed E-state index contributed by atoms with van der Waals surface area (Å²) in [6.45, 7) is 0.302. The Morgan fingerprint density at radius 1 is 1.15 bits per heavy atom. The van der Waals surface area contributed by atoms with Crippen molar-refractivity contribution in [3.63, 3.8) is 0 Å². The van der Waals surface area contributed by atoms with Gasteiger partial charge >= 0.3 is 6.09 Å². The number of fused-ring (bicyclic) bond motifs is 5. The van der Waals surface area contributed by atoms with Crippen molar-refractivity contribution in [2.45, 2.75) is 31.5 Å². The van der Waals surface area contributed by atoms with Crippen molar-refractivity contribution in [1.29, 1.82) is 0 Å². The van der Waals surface area contributed by atoms with Gasteiger partial charge in [0.2, 0.25) is 11.8 Å². The zero-order valence-corrected chi connectivity index (χ0v) is 14.0. The molecule has 4 rings (SSSR count). The number of anilines is 1. The quantitative estimate of drug-likeness (QED) is 0.639. The molecule has 8 heteroatoms. The third kappa shape index (κ3) is 2.94. The number of hydrogen-bond acceptors (Lipinski definition) is 5. The Labute approximate surface area is 149 Å². The van der Waals surface area contributed by atoms with Crippen LogP contribution in [0.15, 0.2) is 24.3 Å². The van der Waals surface area contributed by atoms with Crippen LogP contribution in [0, 0.1) is 17.7 Å². The maximum absolute atomic E-state index is 12.8. The molecule has 0 spiro atoms. The van der Waals surface area contributed by atoms with Crippen LogP contribution in [0.4, 0.5) is 14.9 Å². The molecule has 3 heterocycles. The van der Waals surface area contributed by atoms with Gasteiger partial charge in [-0.25, -0.2) is 9.18 Å². The number of carbonyl (C=O) groups excluding carboxylic acids is 3. The molecule has 0 aliphatic carbocycles. The second-order valence-corrected chi connectivity index (χ2v) is 6.79. The lowest BCUT2D eigenvalue weighted by atomic mass is 9.81. The van der Waals surface area contributed by atoms with Crippen molar-refractivity contribution < 1.29 is 28.2 Å². The summed E-state index contributed by atoms with van der Waals surface area (Å²) < 4.78 is 23.5. The number of amides is 3. The first kappa shape index (κ1) is 17.0. The smallest absolute Gasteiger partial charge is 0.411 e. The molecule has 7 nitrogen and oxygen atoms in total. The highest BCUT2D eigenvalue weighted by molar-refractivity contribution is 6.06. The number of carbonyl (C=O) groups is 3. The molecule has 4 unspecified atom stereocenters. The largest absolute Gasteiger partial charge is 0.449 e. The number of nitrogens with zero attached hydrogens (tertiary/aromatic N) is 1. The van der Waals surface area contributed by atoms with Crippen molar-refractivity contribution >= 4 is 23.6 Å². The van der Waals surface area contributed by atoms with E-state index in [1.807, 2.05) is 0 Å². The van der Waals surface area contributed by atoms with Crippen LogP contribution in [0.3, 0.4) is 0 Å². The van der Waals surface area contributed by atoms with Crippen LogP contribution in [0.1, 0.15) is 19.3 Å². The normalized spacial score (nSPS) is 29.2. The highest BCUT2D eigenvalue weighted by Gasteiger charge is 2.62. The van der Waals surface area contributed by atoms with E-state index in [1.165, 1.54) is 29.2 Å². The number of benzene rings is 1. The zero-order chi connectivity index (χ0) is 18.3. The fraction of sp³-hybridized carbons (Fsp3) is 0.500. The van der Waals surface area contributed by atoms with Crippen molar-refractivity contribution in [2.75, 3.05) is 18.5 Å². The summed E-state index contributed by atoms with van der Waals surface area (Å²) in [5.74, 6) is -1.38. The Balaban J connectivity index is 1.23. The molecule has 3 amide bonds. The molecule has 1 N–H and O–H groups in total. The SMILES string of the molecule is O=C(Nc1ccc(F)cc1)OCCCN1C(=O)C2C3CCC(O3)C2C1=O. The number of imide groups is 1. The van der Waals surface area contributed by atoms with Crippen LogP contribution in [-0.2, 0) is 19.1 Å². The van der Waals surface area contributed by atoms with Crippen molar-refractivity contribution in [3.05, 3.63) is 30.1 Å². The van der Waals surface area contributed by atoms with Gasteiger partial charge < -0.3 is 9.47 Å². The van der Waals surface area contributed by atoms with Gasteiger partial charge in [0.25, 0.3) is 0 Å². The number of ether oxygens (including phenoxy) is 2. The fourth-order valence-electron chi connectivity index (χ4n) is 4.07. The van der Waals surface area contributed by atoms with Gasteiger partial charge in [-0.3, -0.25) is 19.8 Å². The minimum Gasteiger partial charge on any atom is -0.449 e. The van der Waals surface area contributed by atoms with Gasteiger partial charge in [-0.1, -0.05) is 0 Å². The molecule has 2 bridgehead atoms. The van der Waals surface area contributed by atoms with E-state index in [1.54, 1.807) is 0 Å². The fourth-order valence-corrected chi connectivity index (χ4v) is 4.07. The number of nitrogens with one attached hydrogen (secondary N) is 1. The van der Waals surface area contributed by atoms with E-state index in [2.05, 4.69) is 5.32 Å². The van der Waals surface area contributed by atoms with Gasteiger partial charge in [0.1, 0.15) is 5.82 Å². The first-order chi connectivity index (χ1) is 12.5. The standard InChI is InChI=1S/C18H19FN2O5/c19-10-2-4-11(5-3-10)20-18(24)25-9-1-8-21-16(22)14-12-6-7-13(26-12)15(14)17(21)23/h2-5,12-15H,1,6-9H2,(H,20,24). The molecule has 3 fully saturated rings. The summed E-state index contributed by atoms with van der Waals surface area (Å²) >= 11 is 0. The second kappa shape index (κ2) is 6.68. The summed E-state index contributed by atoms with van der Waals surface area (Å²) in [4.78, 5) is 37.9. The van der Waals surface area contributed by atoms with E-state index in [9.17, 15) is 18.8 Å². The molecule has 3 saturated heterocycles. The van der Waals surface area contributed by atoms with Gasteiger partial charge in [0.15, 0.2) is 0 Å². The topological polar surface area (TPSA) is 84.9 Å². The summed E-state index contributed by atoms with van der Waals surface area (Å²) in [7, 11) is 0. The van der Waals surface area contributed by atoms with Gasteiger partial charge in [-0.15, -0.1) is 0 Å². The number of rotatable bonds is 5. The molecule has 138 valence electrons. The van der Waals surface area contributed by atoms with E-state index in [0.717, 1.165) is 12.8 Å². The Morgan fingerprint density at radius 3 is 2.38 bits per heavy atom. The van der Waals surface area contributed by atoms with Crippen molar-refractivity contribution in [1.82, 2.24) is 4.90 Å².